The van der Waals surface area contributed by atoms with Crippen LogP contribution in [-0.2, 0) is 30.4 Å². The molecule has 3 saturated heterocycles. The van der Waals surface area contributed by atoms with E-state index >= 15 is 18.0 Å². The summed E-state index contributed by atoms with van der Waals surface area (Å²) in [6.07, 6.45) is 15.0. The average molecular weight is 1960 g/mol. The Kier molecular flexibility index (Phi) is 24.5. The first-order valence-electron chi connectivity index (χ1n) is 47.0. The molecule has 34 heteroatoms. The van der Waals surface area contributed by atoms with Crippen LogP contribution in [0.2, 0.25) is 15.1 Å². The van der Waals surface area contributed by atoms with E-state index < -0.39 is 46.6 Å². The monoisotopic (exact) mass is 1960 g/mol. The smallest absolute Gasteiger partial charge is 0.281 e. The fourth-order valence-electron chi connectivity index (χ4n) is 22.1. The molecule has 21 rings (SSSR count). The first kappa shape index (κ1) is 95.4. The number of aryl methyl sites for hydroxylation is 6. The van der Waals surface area contributed by atoms with Gasteiger partial charge in [-0.1, -0.05) is 114 Å². The quantitative estimate of drug-likeness (QED) is 0.0826. The largest absolute Gasteiger partial charge is 0.364 e. The third-order valence-corrected chi connectivity index (χ3v) is 30.0. The molecule has 0 bridgehead atoms. The summed E-state index contributed by atoms with van der Waals surface area (Å²) in [5.41, 5.74) is 15.0. The number of anilines is 5. The summed E-state index contributed by atoms with van der Waals surface area (Å²) >= 11 is 22.2. The highest BCUT2D eigenvalue weighted by molar-refractivity contribution is 6.41. The molecule has 0 spiro atoms. The number of H-pyrrole nitrogens is 3. The van der Waals surface area contributed by atoms with Crippen LogP contribution in [0.15, 0.2) is 162 Å². The molecule has 0 saturated carbocycles. The van der Waals surface area contributed by atoms with Crippen molar-refractivity contribution < 1.29 is 37.1 Å². The molecule has 4 N–H and O–H groups in total. The SMILES string of the molecule is C=CC(=O)N1CC2C(=O)N(C)c3c(c4cc(F)c(-c5c(C)ccc6[nH]ncc56)c(Cl)c4n(-c4c(C)ccnc4C(C)C)c3=O)N2CC1C.C=CC(=O)N1CC2C(=O)Nc3c(c4cc(F)c(-c5c(C)ccc6[nH]ncc56)c(Cl)c4n(-c4c(C)ccnc4C(C)C)c3=O)N2CC1C.C=CC(=O)N1CC2CCc3c(c4cc(F)c(-c5c(C)ccc6[nH]ncc56)c(Cl)c4n(-c4c(C)ccnc4C(C)C)c3=O)N2CC1C. The molecule has 15 heterocycles. The Balaban J connectivity index is 0.000000135. The Morgan fingerprint density at radius 3 is 1.17 bits per heavy atom. The van der Waals surface area contributed by atoms with Gasteiger partial charge >= 0.3 is 0 Å². The van der Waals surface area contributed by atoms with Crippen molar-refractivity contribution in [1.29, 1.82) is 0 Å². The number of hydrogen-bond donors (Lipinski definition) is 4. The van der Waals surface area contributed by atoms with Gasteiger partial charge in [-0.2, -0.15) is 15.3 Å². The number of pyridine rings is 6. The Morgan fingerprint density at radius 2 is 0.773 bits per heavy atom. The van der Waals surface area contributed by atoms with Crippen molar-refractivity contribution >= 4 is 158 Å². The number of piperazine rings is 3. The van der Waals surface area contributed by atoms with Gasteiger partial charge in [0.1, 0.15) is 40.9 Å². The number of hydrogen-bond acceptors (Lipinski definition) is 17. The van der Waals surface area contributed by atoms with Gasteiger partial charge in [-0.25, -0.2) is 13.2 Å². The van der Waals surface area contributed by atoms with Crippen molar-refractivity contribution in [2.45, 2.75) is 171 Å². The van der Waals surface area contributed by atoms with E-state index in [1.165, 1.54) is 44.4 Å². The third-order valence-electron chi connectivity index (χ3n) is 28.8. The zero-order valence-electron chi connectivity index (χ0n) is 80.8. The number of aromatic amines is 3. The number of carbonyl (C=O) groups excluding carboxylic acids is 5. The molecule has 0 aliphatic carbocycles. The summed E-state index contributed by atoms with van der Waals surface area (Å²) < 4.78 is 55.1. The lowest BCUT2D eigenvalue weighted by atomic mass is 9.89. The molecule has 28 nitrogen and oxygen atoms in total. The molecule has 3 fully saturated rings. The van der Waals surface area contributed by atoms with E-state index in [2.05, 4.69) is 70.5 Å². The summed E-state index contributed by atoms with van der Waals surface area (Å²) in [5.74, 6) is -3.33. The number of nitrogens with one attached hydrogen (secondary N) is 4. The molecule has 6 aromatic carbocycles. The van der Waals surface area contributed by atoms with Crippen molar-refractivity contribution in [3.05, 3.63) is 268 Å². The van der Waals surface area contributed by atoms with Gasteiger partial charge in [-0.15, -0.1) is 0 Å². The third kappa shape index (κ3) is 15.1. The predicted molar refractivity (Wildman–Crippen MR) is 551 cm³/mol. The van der Waals surface area contributed by atoms with Gasteiger partial charge in [-0.05, 0) is 199 Å². The molecule has 6 atom stereocenters. The number of carbonyl (C=O) groups is 5. The van der Waals surface area contributed by atoms with Crippen LogP contribution in [0.4, 0.5) is 41.6 Å². The lowest BCUT2D eigenvalue weighted by Crippen LogP contribution is -2.66. The molecular weight excluding hydrogens is 1860 g/mol. The van der Waals surface area contributed by atoms with E-state index in [0.717, 1.165) is 50.0 Å². The first-order valence-corrected chi connectivity index (χ1v) is 48.1. The summed E-state index contributed by atoms with van der Waals surface area (Å²) in [7, 11) is 1.54. The molecule has 0 radical (unpaired) electrons. The van der Waals surface area contributed by atoms with Crippen LogP contribution < -0.4 is 41.6 Å². The minimum absolute atomic E-state index is 0.00852. The molecule has 141 heavy (non-hydrogen) atoms. The highest BCUT2D eigenvalue weighted by atomic mass is 35.5. The maximum absolute atomic E-state index is 16.9. The standard InChI is InChI=1S/C36H35ClFN7O3.C36H36ClFN6O2.C35H33ClFN7O3/c1-8-26(46)43-16-25-35(47)42(7)34-33(44(25)15-20(43)6)21-13-23(38)28(27-18(4)9-10-24-22(27)14-40-41-24)29(37)32(21)45(36(34)48)31-19(5)11-12-39-30(31)17(2)3;1-7-28(45)42-17-22-9-10-23-34(43(22)16-21(42)6)24-14-26(38)30(29-19(4)8-11-27-25(29)15-40-41-27)31(37)35(24)44(36(23)46)33-20(5)12-13-39-32(33)18(2)3;1-7-25(45)42-15-24-34(46)40-30-33(43(24)14-19(42)6)20-12-22(37)27(26-17(4)8-9-23-21(26)13-39-41-23)28(36)32(20)44(35(30)47)31-18(5)10-11-38-29(31)16(2)3/h8-14,17,20,25H,1,15-16H2,2-7H3,(H,40,41);7-8,11-15,18,21-22H,1,9-10,16-17H2,2-6H3,(H,40,41);7-13,16,19,24H,1,14-15H2,2-6H3,(H,39,41)(H,40,46). The Labute approximate surface area is 824 Å². The van der Waals surface area contributed by atoms with Gasteiger partial charge in [0.2, 0.25) is 23.6 Å². The average Bonchev–Trinajstić information content (AvgIpc) is 1.27. The molecule has 6 aliphatic heterocycles. The van der Waals surface area contributed by atoms with Crippen molar-refractivity contribution in [3.63, 3.8) is 0 Å². The zero-order chi connectivity index (χ0) is 100. The molecule has 6 aliphatic rings. The Morgan fingerprint density at radius 1 is 0.418 bits per heavy atom. The summed E-state index contributed by atoms with van der Waals surface area (Å²) in [4.78, 5) is 137. The van der Waals surface area contributed by atoms with Crippen molar-refractivity contribution in [2.75, 3.05) is 71.2 Å². The van der Waals surface area contributed by atoms with Gasteiger partial charge in [0, 0.05) is 147 Å². The van der Waals surface area contributed by atoms with Gasteiger partial charge in [-0.3, -0.25) is 82.3 Å². The van der Waals surface area contributed by atoms with Crippen LogP contribution in [0.25, 0.3) is 116 Å². The molecule has 15 aromatic rings. The topological polar surface area (TPSA) is 311 Å². The number of fused-ring (bicyclic) bond motifs is 18. The lowest BCUT2D eigenvalue weighted by Gasteiger charge is -2.50. The number of nitrogens with zero attached hydrogens (tertiary/aromatic N) is 16. The molecule has 6 unspecified atom stereocenters. The van der Waals surface area contributed by atoms with Crippen molar-refractivity contribution in [3.8, 4) is 50.4 Å². The van der Waals surface area contributed by atoms with Gasteiger partial charge in [0.15, 0.2) is 0 Å². The van der Waals surface area contributed by atoms with Crippen LogP contribution in [-0.4, -0.2) is 186 Å². The van der Waals surface area contributed by atoms with Gasteiger partial charge < -0.3 is 39.6 Å². The van der Waals surface area contributed by atoms with Crippen LogP contribution >= 0.6 is 34.8 Å². The zero-order valence-corrected chi connectivity index (χ0v) is 83.1. The fourth-order valence-corrected chi connectivity index (χ4v) is 23.2. The van der Waals surface area contributed by atoms with Crippen LogP contribution in [0, 0.1) is 59.0 Å². The van der Waals surface area contributed by atoms with Crippen LogP contribution in [0.5, 0.6) is 0 Å². The second kappa shape index (κ2) is 36.3. The molecule has 9 aromatic heterocycles. The van der Waals surface area contributed by atoms with E-state index in [9.17, 15) is 33.6 Å². The first-order chi connectivity index (χ1) is 67.3. The number of benzene rings is 6. The number of rotatable bonds is 12. The van der Waals surface area contributed by atoms with Crippen LogP contribution in [0.3, 0.4) is 0 Å². The van der Waals surface area contributed by atoms with E-state index in [1.54, 1.807) is 75.6 Å². The highest BCUT2D eigenvalue weighted by Gasteiger charge is 2.49. The molecule has 5 amide bonds. The maximum Gasteiger partial charge on any atom is 0.281 e. The van der Waals surface area contributed by atoms with E-state index in [1.807, 2.05) is 162 Å². The van der Waals surface area contributed by atoms with Crippen molar-refractivity contribution in [1.82, 2.24) is 73.9 Å². The maximum atomic E-state index is 16.9. The summed E-state index contributed by atoms with van der Waals surface area (Å²) in [5, 5.41) is 27.9. The lowest BCUT2D eigenvalue weighted by molar-refractivity contribution is -0.132. The normalized spacial score (nSPS) is 17.8. The van der Waals surface area contributed by atoms with Crippen molar-refractivity contribution in [2.24, 2.45) is 0 Å². The predicted octanol–water partition coefficient (Wildman–Crippen LogP) is 19.0. The second-order valence-electron chi connectivity index (χ2n) is 38.5. The number of halogens is 6. The van der Waals surface area contributed by atoms with Crippen LogP contribution in [0.1, 0.15) is 143 Å². The number of aromatic nitrogens is 12. The highest BCUT2D eigenvalue weighted by Crippen LogP contribution is 2.53. The Hall–Kier alpha value is -14.6. The van der Waals surface area contributed by atoms with Gasteiger partial charge in [0.25, 0.3) is 22.6 Å². The summed E-state index contributed by atoms with van der Waals surface area (Å²) in [6, 6.07) is 18.7. The van der Waals surface area contributed by atoms with E-state index in [-0.39, 0.29) is 146 Å². The fraction of sp³-hybridized carbons (Fsp3) is 0.308. The second-order valence-corrected chi connectivity index (χ2v) is 39.6. The minimum atomic E-state index is -0.823. The molecule has 722 valence electrons. The van der Waals surface area contributed by atoms with E-state index in [4.69, 9.17) is 39.8 Å². The number of amides is 5. The van der Waals surface area contributed by atoms with E-state index in [0.29, 0.717) is 143 Å². The Bertz CT molecular complexity index is 8160. The summed E-state index contributed by atoms with van der Waals surface area (Å²) in [6.45, 7) is 41.6. The number of likely N-dealkylation sites (N-methyl/N-ethyl adjacent to an activating group) is 1. The molecular formula is C107H104Cl3F3N20O8. The minimum Gasteiger partial charge on any atom is -0.364 e. The van der Waals surface area contributed by atoms with Gasteiger partial charge in [0.05, 0.1) is 131 Å².